The lowest BCUT2D eigenvalue weighted by Gasteiger charge is -2.25. The maximum absolute atomic E-state index is 13.0. The predicted molar refractivity (Wildman–Crippen MR) is 116 cm³/mol. The van der Waals surface area contributed by atoms with Crippen LogP contribution in [0.15, 0.2) is 36.4 Å². The van der Waals surface area contributed by atoms with Crippen molar-refractivity contribution in [2.45, 2.75) is 45.1 Å². The molecule has 3 atom stereocenters. The molecular formula is C23H27N3O7. The summed E-state index contributed by atoms with van der Waals surface area (Å²) in [6.45, 7) is 3.42. The number of esters is 1. The summed E-state index contributed by atoms with van der Waals surface area (Å²) in [5.74, 6) is -2.00. The Hall–Kier alpha value is -3.53. The second kappa shape index (κ2) is 10.9. The average molecular weight is 457 g/mol. The molecule has 33 heavy (non-hydrogen) atoms. The lowest BCUT2D eigenvalue weighted by Crippen LogP contribution is -2.52. The van der Waals surface area contributed by atoms with Crippen LogP contribution in [0.2, 0.25) is 0 Å². The molecule has 10 nitrogen and oxygen atoms in total. The van der Waals surface area contributed by atoms with E-state index in [1.165, 1.54) is 17.9 Å². The Labute approximate surface area is 191 Å². The van der Waals surface area contributed by atoms with Crippen LogP contribution in [0, 0.1) is 0 Å². The highest BCUT2D eigenvalue weighted by Gasteiger charge is 2.37. The van der Waals surface area contributed by atoms with Gasteiger partial charge in [-0.2, -0.15) is 0 Å². The first-order chi connectivity index (χ1) is 15.8. The molecule has 2 N–H and O–H groups in total. The zero-order chi connectivity index (χ0) is 24.0. The van der Waals surface area contributed by atoms with Crippen LogP contribution in [0.4, 0.5) is 0 Å². The molecule has 10 heteroatoms. The summed E-state index contributed by atoms with van der Waals surface area (Å²) in [7, 11) is 0. The third-order valence-electron chi connectivity index (χ3n) is 5.29. The molecule has 3 amide bonds. The number of carbonyl (C=O) groups excluding carboxylic acids is 5. The molecule has 0 bridgehead atoms. The number of benzene rings is 1. The summed E-state index contributed by atoms with van der Waals surface area (Å²) in [5, 5.41) is 5.37. The number of hydrogen-bond donors (Lipinski definition) is 2. The molecule has 2 aliphatic rings. The summed E-state index contributed by atoms with van der Waals surface area (Å²) < 4.78 is 10.4. The van der Waals surface area contributed by atoms with E-state index in [9.17, 15) is 24.0 Å². The van der Waals surface area contributed by atoms with Crippen LogP contribution in [-0.2, 0) is 23.9 Å². The van der Waals surface area contributed by atoms with Gasteiger partial charge in [0.15, 0.2) is 5.78 Å². The van der Waals surface area contributed by atoms with Crippen molar-refractivity contribution < 1.29 is 33.4 Å². The lowest BCUT2D eigenvalue weighted by atomic mass is 10.1. The van der Waals surface area contributed by atoms with Gasteiger partial charge >= 0.3 is 5.97 Å². The molecule has 1 fully saturated rings. The molecule has 0 aromatic heterocycles. The van der Waals surface area contributed by atoms with E-state index in [1.54, 1.807) is 37.3 Å². The number of ether oxygens (including phenoxy) is 2. The molecule has 1 saturated heterocycles. The summed E-state index contributed by atoms with van der Waals surface area (Å²) in [4.78, 5) is 62.7. The lowest BCUT2D eigenvalue weighted by molar-refractivity contribution is -0.164. The molecule has 0 radical (unpaired) electrons. The van der Waals surface area contributed by atoms with Crippen LogP contribution < -0.4 is 10.6 Å². The normalized spacial score (nSPS) is 22.5. The molecule has 1 aromatic carbocycles. The van der Waals surface area contributed by atoms with Crippen molar-refractivity contribution >= 4 is 29.5 Å². The zero-order valence-corrected chi connectivity index (χ0v) is 18.5. The Morgan fingerprint density at radius 1 is 1.15 bits per heavy atom. The molecule has 2 heterocycles. The van der Waals surface area contributed by atoms with Crippen LogP contribution in [0.5, 0.6) is 0 Å². The fraction of sp³-hybridized carbons (Fsp3) is 0.435. The number of cyclic esters (lactones) is 1. The van der Waals surface area contributed by atoms with Crippen LogP contribution in [-0.4, -0.2) is 72.4 Å². The van der Waals surface area contributed by atoms with Gasteiger partial charge in [-0.1, -0.05) is 24.3 Å². The highest BCUT2D eigenvalue weighted by Crippen LogP contribution is 2.16. The van der Waals surface area contributed by atoms with Gasteiger partial charge in [0.2, 0.25) is 18.1 Å². The first-order valence-electron chi connectivity index (χ1n) is 10.7. The van der Waals surface area contributed by atoms with Gasteiger partial charge in [-0.15, -0.1) is 0 Å². The minimum atomic E-state index is -0.863. The van der Waals surface area contributed by atoms with Gasteiger partial charge in [-0.3, -0.25) is 24.0 Å². The Morgan fingerprint density at radius 2 is 1.91 bits per heavy atom. The van der Waals surface area contributed by atoms with E-state index >= 15 is 0 Å². The van der Waals surface area contributed by atoms with Crippen molar-refractivity contribution in [3.63, 3.8) is 0 Å². The molecule has 3 rings (SSSR count). The van der Waals surface area contributed by atoms with Crippen molar-refractivity contribution in [2.75, 3.05) is 19.7 Å². The third-order valence-corrected chi connectivity index (χ3v) is 5.29. The first-order valence-corrected chi connectivity index (χ1v) is 10.7. The molecule has 0 spiro atoms. The number of Topliss-reactive ketones (excluding diaryl/α,β-unsaturated/α-hetero) is 1. The fourth-order valence-electron chi connectivity index (χ4n) is 3.62. The van der Waals surface area contributed by atoms with E-state index in [0.717, 1.165) is 0 Å². The minimum Gasteiger partial charge on any atom is -0.433 e. The van der Waals surface area contributed by atoms with Gasteiger partial charge in [-0.25, -0.2) is 0 Å². The number of amides is 3. The minimum absolute atomic E-state index is 0.0116. The molecule has 0 aliphatic carbocycles. The molecule has 176 valence electrons. The van der Waals surface area contributed by atoms with Gasteiger partial charge in [0.1, 0.15) is 12.1 Å². The van der Waals surface area contributed by atoms with E-state index in [0.29, 0.717) is 12.2 Å². The van der Waals surface area contributed by atoms with Crippen LogP contribution in [0.1, 0.15) is 47.4 Å². The monoisotopic (exact) mass is 457 g/mol. The third kappa shape index (κ3) is 6.26. The van der Waals surface area contributed by atoms with Crippen molar-refractivity contribution in [1.29, 1.82) is 0 Å². The van der Waals surface area contributed by atoms with Crippen molar-refractivity contribution in [2.24, 2.45) is 0 Å². The molecule has 1 aromatic rings. The Morgan fingerprint density at radius 3 is 2.64 bits per heavy atom. The second-order valence-corrected chi connectivity index (χ2v) is 7.78. The van der Waals surface area contributed by atoms with Gasteiger partial charge in [0.25, 0.3) is 5.91 Å². The first kappa shape index (κ1) is 24.1. The Kier molecular flexibility index (Phi) is 7.94. The van der Waals surface area contributed by atoms with Crippen molar-refractivity contribution in [3.05, 3.63) is 47.5 Å². The molecule has 0 saturated carbocycles. The molecular weight excluding hydrogens is 430 g/mol. The average Bonchev–Trinajstić information content (AvgIpc) is 3.03. The number of hydrogen-bond acceptors (Lipinski definition) is 7. The summed E-state index contributed by atoms with van der Waals surface area (Å²) in [5.41, 5.74) is 0.661. The van der Waals surface area contributed by atoms with Crippen LogP contribution in [0.25, 0.3) is 0 Å². The number of carbonyl (C=O) groups is 5. The maximum atomic E-state index is 13.0. The van der Waals surface area contributed by atoms with Crippen molar-refractivity contribution in [1.82, 2.24) is 15.5 Å². The highest BCUT2D eigenvalue weighted by molar-refractivity contribution is 6.01. The van der Waals surface area contributed by atoms with E-state index in [-0.39, 0.29) is 37.3 Å². The predicted octanol–water partition coefficient (Wildman–Crippen LogP) is 0.570. The standard InChI is InChI=1S/C23H27N3O7/c1-3-32-23-18(12-20(29)33-23)24-19(28)13-26-10-5-4-9-17(22(26)31)25-21(30)16-8-6-7-15(11-16)14(2)27/h4-8,11,17-18,23H,3,9-10,12-13H2,1-2H3,(H,24,28)(H,25,30). The van der Waals surface area contributed by atoms with Crippen molar-refractivity contribution in [3.8, 4) is 0 Å². The smallest absolute Gasteiger partial charge is 0.310 e. The summed E-state index contributed by atoms with van der Waals surface area (Å²) in [6.07, 6.45) is 2.92. The van der Waals surface area contributed by atoms with E-state index in [2.05, 4.69) is 10.6 Å². The Balaban J connectivity index is 1.62. The quantitative estimate of drug-likeness (QED) is 0.331. The number of rotatable bonds is 8. The topological polar surface area (TPSA) is 131 Å². The van der Waals surface area contributed by atoms with E-state index in [4.69, 9.17) is 9.47 Å². The van der Waals surface area contributed by atoms with Crippen LogP contribution >= 0.6 is 0 Å². The Bertz CT molecular complexity index is 975. The number of ketones is 1. The summed E-state index contributed by atoms with van der Waals surface area (Å²) >= 11 is 0. The second-order valence-electron chi connectivity index (χ2n) is 7.78. The molecule has 3 unspecified atom stereocenters. The van der Waals surface area contributed by atoms with E-state index < -0.39 is 42.1 Å². The number of nitrogens with one attached hydrogen (secondary N) is 2. The van der Waals surface area contributed by atoms with E-state index in [1.807, 2.05) is 0 Å². The highest BCUT2D eigenvalue weighted by atomic mass is 16.7. The molecule has 2 aliphatic heterocycles. The van der Waals surface area contributed by atoms with Crippen LogP contribution in [0.3, 0.4) is 0 Å². The fourth-order valence-corrected chi connectivity index (χ4v) is 3.62. The SMILES string of the molecule is CCOC1OC(=O)CC1NC(=O)CN1CC=CCC(NC(=O)c2cccc(C(C)=O)c2)C1=O. The van der Waals surface area contributed by atoms with Gasteiger partial charge < -0.3 is 25.0 Å². The van der Waals surface area contributed by atoms with Gasteiger partial charge in [-0.05, 0) is 32.4 Å². The zero-order valence-electron chi connectivity index (χ0n) is 18.5. The number of nitrogens with zero attached hydrogens (tertiary/aromatic N) is 1. The van der Waals surface area contributed by atoms with Gasteiger partial charge in [0, 0.05) is 24.3 Å². The largest absolute Gasteiger partial charge is 0.433 e. The maximum Gasteiger partial charge on any atom is 0.310 e. The summed E-state index contributed by atoms with van der Waals surface area (Å²) in [6, 6.07) is 4.75. The van der Waals surface area contributed by atoms with Gasteiger partial charge in [0.05, 0.1) is 13.0 Å².